The van der Waals surface area contributed by atoms with Gasteiger partial charge in [-0.15, -0.1) is 0 Å². The maximum absolute atomic E-state index is 12.7. The van der Waals surface area contributed by atoms with Crippen molar-refractivity contribution in [3.63, 3.8) is 0 Å². The van der Waals surface area contributed by atoms with Crippen LogP contribution in [0.5, 0.6) is 0 Å². The van der Waals surface area contributed by atoms with Crippen molar-refractivity contribution >= 4 is 45.2 Å². The molecular weight excluding hydrogens is 351 g/mol. The van der Waals surface area contributed by atoms with Gasteiger partial charge in [-0.3, -0.25) is 0 Å². The minimum Gasteiger partial charge on any atom is -0.452 e. The molecule has 1 fully saturated rings. The molecule has 0 aromatic heterocycles. The van der Waals surface area contributed by atoms with Gasteiger partial charge in [0, 0.05) is 13.1 Å². The Morgan fingerprint density at radius 3 is 2.32 bits per heavy atom. The molecule has 1 saturated heterocycles. The van der Waals surface area contributed by atoms with E-state index in [9.17, 15) is 13.2 Å². The van der Waals surface area contributed by atoms with E-state index in [-0.39, 0.29) is 34.7 Å². The highest BCUT2D eigenvalue weighted by Crippen LogP contribution is 2.39. The standard InChI is InChI=1S/C13H16Cl2N2O4S/c1-8-4-10(14)12(11(15)5-8)16-6-9(2)7-17(13(18)21-3)22(16,19)20/h4-5,9H,6-7H2,1-3H3. The van der Waals surface area contributed by atoms with Gasteiger partial charge in [-0.25, -0.2) is 9.10 Å². The predicted octanol–water partition coefficient (Wildman–Crippen LogP) is 3.07. The SMILES string of the molecule is COC(=O)N1CC(C)CN(c2c(Cl)cc(C)cc2Cl)S1(=O)=O. The number of carbonyl (C=O) groups excluding carboxylic acids is 1. The number of carbonyl (C=O) groups is 1. The molecule has 1 atom stereocenters. The average Bonchev–Trinajstić information content (AvgIpc) is 2.40. The fourth-order valence-corrected chi connectivity index (χ4v) is 5.05. The molecule has 9 heteroatoms. The summed E-state index contributed by atoms with van der Waals surface area (Å²) in [7, 11) is -2.96. The Balaban J connectivity index is 2.57. The third kappa shape index (κ3) is 2.98. The first kappa shape index (κ1) is 17.2. The fourth-order valence-electron chi connectivity index (χ4n) is 2.34. The monoisotopic (exact) mass is 366 g/mol. The van der Waals surface area contributed by atoms with E-state index in [4.69, 9.17) is 23.2 Å². The van der Waals surface area contributed by atoms with Crippen LogP contribution in [0.15, 0.2) is 12.1 Å². The molecular formula is C13H16Cl2N2O4S. The van der Waals surface area contributed by atoms with Gasteiger partial charge in [0.15, 0.2) is 0 Å². The highest BCUT2D eigenvalue weighted by Gasteiger charge is 2.42. The molecule has 1 aromatic carbocycles. The van der Waals surface area contributed by atoms with Crippen LogP contribution in [-0.4, -0.2) is 39.0 Å². The molecule has 1 amide bonds. The first-order chi connectivity index (χ1) is 10.2. The molecule has 122 valence electrons. The van der Waals surface area contributed by atoms with Gasteiger partial charge in [0.2, 0.25) is 0 Å². The van der Waals surface area contributed by atoms with Crippen LogP contribution in [-0.2, 0) is 14.9 Å². The molecule has 0 radical (unpaired) electrons. The van der Waals surface area contributed by atoms with E-state index in [0.717, 1.165) is 17.0 Å². The zero-order valence-electron chi connectivity index (χ0n) is 12.3. The highest BCUT2D eigenvalue weighted by molar-refractivity contribution is 7.91. The summed E-state index contributed by atoms with van der Waals surface area (Å²) in [5.41, 5.74) is 0.986. The number of rotatable bonds is 1. The van der Waals surface area contributed by atoms with E-state index in [1.54, 1.807) is 19.1 Å². The Labute approximate surface area is 139 Å². The van der Waals surface area contributed by atoms with Crippen LogP contribution in [0.25, 0.3) is 0 Å². The second kappa shape index (κ2) is 6.14. The molecule has 1 aliphatic heterocycles. The maximum Gasteiger partial charge on any atom is 0.424 e. The van der Waals surface area contributed by atoms with E-state index in [1.165, 1.54) is 0 Å². The average molecular weight is 367 g/mol. The van der Waals surface area contributed by atoms with Crippen molar-refractivity contribution in [3.8, 4) is 0 Å². The summed E-state index contributed by atoms with van der Waals surface area (Å²) < 4.78 is 31.7. The predicted molar refractivity (Wildman–Crippen MR) is 85.7 cm³/mol. The molecule has 0 N–H and O–H groups in total. The van der Waals surface area contributed by atoms with Crippen molar-refractivity contribution in [2.24, 2.45) is 5.92 Å². The van der Waals surface area contributed by atoms with Crippen LogP contribution in [0, 0.1) is 12.8 Å². The zero-order chi connectivity index (χ0) is 16.7. The molecule has 1 aliphatic rings. The Kier molecular flexibility index (Phi) is 4.79. The van der Waals surface area contributed by atoms with Gasteiger partial charge < -0.3 is 4.74 Å². The third-order valence-corrected chi connectivity index (χ3v) is 5.62. The zero-order valence-corrected chi connectivity index (χ0v) is 14.7. The lowest BCUT2D eigenvalue weighted by molar-refractivity contribution is 0.143. The van der Waals surface area contributed by atoms with Crippen molar-refractivity contribution in [2.75, 3.05) is 24.5 Å². The smallest absolute Gasteiger partial charge is 0.424 e. The lowest BCUT2D eigenvalue weighted by Gasteiger charge is -2.38. The van der Waals surface area contributed by atoms with Crippen LogP contribution < -0.4 is 4.31 Å². The number of anilines is 1. The van der Waals surface area contributed by atoms with Crippen molar-refractivity contribution in [3.05, 3.63) is 27.7 Å². The van der Waals surface area contributed by atoms with E-state index >= 15 is 0 Å². The molecule has 0 bridgehead atoms. The van der Waals surface area contributed by atoms with E-state index in [1.807, 2.05) is 6.92 Å². The van der Waals surface area contributed by atoms with Crippen molar-refractivity contribution in [1.82, 2.24) is 4.31 Å². The molecule has 6 nitrogen and oxygen atoms in total. The summed E-state index contributed by atoms with van der Waals surface area (Å²) >= 11 is 12.4. The Morgan fingerprint density at radius 1 is 1.27 bits per heavy atom. The number of hydrogen-bond acceptors (Lipinski definition) is 4. The summed E-state index contributed by atoms with van der Waals surface area (Å²) in [5, 5.41) is 0.431. The lowest BCUT2D eigenvalue weighted by Crippen LogP contribution is -2.55. The second-order valence-corrected chi connectivity index (χ2v) is 7.81. The number of nitrogens with zero attached hydrogens (tertiary/aromatic N) is 2. The molecule has 22 heavy (non-hydrogen) atoms. The van der Waals surface area contributed by atoms with Gasteiger partial charge in [0.05, 0.1) is 22.8 Å². The number of ether oxygens (including phenoxy) is 1. The van der Waals surface area contributed by atoms with Crippen LogP contribution in [0.2, 0.25) is 10.0 Å². The van der Waals surface area contributed by atoms with Crippen LogP contribution >= 0.6 is 23.2 Å². The molecule has 0 aliphatic carbocycles. The number of hydrogen-bond donors (Lipinski definition) is 0. The van der Waals surface area contributed by atoms with Gasteiger partial charge >= 0.3 is 16.3 Å². The lowest BCUT2D eigenvalue weighted by atomic mass is 10.1. The summed E-state index contributed by atoms with van der Waals surface area (Å²) in [5.74, 6) is -0.101. The highest BCUT2D eigenvalue weighted by atomic mass is 35.5. The van der Waals surface area contributed by atoms with E-state index < -0.39 is 16.3 Å². The Morgan fingerprint density at radius 2 is 1.82 bits per heavy atom. The van der Waals surface area contributed by atoms with Crippen LogP contribution in [0.4, 0.5) is 10.5 Å². The molecule has 0 saturated carbocycles. The molecule has 1 heterocycles. The normalized spacial score (nSPS) is 20.9. The quantitative estimate of drug-likeness (QED) is 0.765. The number of benzene rings is 1. The third-order valence-electron chi connectivity index (χ3n) is 3.30. The molecule has 1 aromatic rings. The number of halogens is 2. The van der Waals surface area contributed by atoms with E-state index in [2.05, 4.69) is 4.74 Å². The maximum atomic E-state index is 12.7. The Bertz CT molecular complexity index is 685. The van der Waals surface area contributed by atoms with Crippen molar-refractivity contribution in [1.29, 1.82) is 0 Å². The van der Waals surface area contributed by atoms with Crippen molar-refractivity contribution < 1.29 is 17.9 Å². The second-order valence-electron chi connectivity index (χ2n) is 5.22. The molecule has 0 spiro atoms. The number of amides is 1. The van der Waals surface area contributed by atoms with Crippen molar-refractivity contribution in [2.45, 2.75) is 13.8 Å². The van der Waals surface area contributed by atoms with Gasteiger partial charge in [-0.05, 0) is 30.5 Å². The van der Waals surface area contributed by atoms with E-state index in [0.29, 0.717) is 4.31 Å². The van der Waals surface area contributed by atoms with Gasteiger partial charge in [-0.1, -0.05) is 30.1 Å². The summed E-state index contributed by atoms with van der Waals surface area (Å²) in [6, 6.07) is 3.25. The first-order valence-electron chi connectivity index (χ1n) is 6.52. The fraction of sp³-hybridized carbons (Fsp3) is 0.462. The van der Waals surface area contributed by atoms with Gasteiger partial charge in [0.25, 0.3) is 0 Å². The minimum atomic E-state index is -4.10. The van der Waals surface area contributed by atoms with Gasteiger partial charge in [-0.2, -0.15) is 12.7 Å². The number of aryl methyl sites for hydroxylation is 1. The topological polar surface area (TPSA) is 66.9 Å². The summed E-state index contributed by atoms with van der Waals surface area (Å²) in [4.78, 5) is 11.8. The molecule has 1 unspecified atom stereocenters. The van der Waals surface area contributed by atoms with Crippen LogP contribution in [0.3, 0.4) is 0 Å². The van der Waals surface area contributed by atoms with Crippen LogP contribution in [0.1, 0.15) is 12.5 Å². The summed E-state index contributed by atoms with van der Waals surface area (Å²) in [6.45, 7) is 3.86. The summed E-state index contributed by atoms with van der Waals surface area (Å²) in [6.07, 6.45) is -0.934. The number of methoxy groups -OCH3 is 1. The van der Waals surface area contributed by atoms with Gasteiger partial charge in [0.1, 0.15) is 0 Å². The minimum absolute atomic E-state index is 0.0482. The molecule has 2 rings (SSSR count). The Hall–Kier alpha value is -1.18. The first-order valence-corrected chi connectivity index (χ1v) is 8.67. The largest absolute Gasteiger partial charge is 0.452 e.